The van der Waals surface area contributed by atoms with Gasteiger partial charge in [-0.25, -0.2) is 0 Å². The molecule has 2 atom stereocenters. The van der Waals surface area contributed by atoms with E-state index in [4.69, 9.17) is 14.2 Å². The summed E-state index contributed by atoms with van der Waals surface area (Å²) in [6.07, 6.45) is 0.657. The second kappa shape index (κ2) is 30.2. The molecule has 0 unspecified atom stereocenters. The number of hydrogen-bond acceptors (Lipinski definition) is 9. The summed E-state index contributed by atoms with van der Waals surface area (Å²) >= 11 is 3.22. The molecule has 359 valence electrons. The first-order chi connectivity index (χ1) is 32.8. The van der Waals surface area contributed by atoms with Gasteiger partial charge in [-0.3, -0.25) is 14.5 Å². The van der Waals surface area contributed by atoms with Crippen LogP contribution in [-0.2, 0) is 54.3 Å². The molecule has 7 rings (SSSR count). The standard InChI is InChI=1S/C39H41N3O4.C16H16BrNO3.CH4.V/c1-2-45-36-20-18-35(19-21-36)41-34-16-13-30(14-17-34)23-24-42(26-31-9-5-3-6-10-31)27-38(44)33-15-22-39(37(25-33)40-29-43)46-28-32-11-7-4-8-12-32;17-9-15(20)13-6-7-16(14(8-13)18-11-19)21-10-12-4-2-1-3-5-12;;/h3-22,25,29,38,41,44H,2,23-24,26-28H2,1H3,(H,40,43);1-8,11,15,20H,9-10H2,(H,18,19);1H4;/t38-;15-;;/m00../s1. The van der Waals surface area contributed by atoms with Gasteiger partial charge in [0.2, 0.25) is 12.8 Å². The van der Waals surface area contributed by atoms with Crippen LogP contribution >= 0.6 is 15.9 Å². The SMILES string of the molecule is C.CCOc1ccc(Nc2ccc(CCN(Cc3ccccc3)C[C@H](O)c3ccc(OCc4ccccc4)c(NC=O)c3)cc2)cc1.O=CNc1cc([C@@H](O)CBr)ccc1OCc1ccccc1.[V]. The van der Waals surface area contributed by atoms with E-state index in [0.717, 1.165) is 41.2 Å². The Kier molecular flexibility index (Phi) is 24.2. The predicted octanol–water partition coefficient (Wildman–Crippen LogP) is 11.7. The molecule has 0 aromatic heterocycles. The number of aliphatic hydroxyl groups is 2. The van der Waals surface area contributed by atoms with Crippen LogP contribution in [-0.4, -0.2) is 53.0 Å². The van der Waals surface area contributed by atoms with Crippen LogP contribution in [0.25, 0.3) is 0 Å². The van der Waals surface area contributed by atoms with Crippen LogP contribution in [0.1, 0.15) is 59.9 Å². The summed E-state index contributed by atoms with van der Waals surface area (Å²) in [5.74, 6) is 1.97. The number of nitrogens with one attached hydrogen (secondary N) is 3. The van der Waals surface area contributed by atoms with E-state index in [2.05, 4.69) is 73.2 Å². The van der Waals surface area contributed by atoms with Crippen molar-refractivity contribution in [1.82, 2.24) is 4.90 Å². The van der Waals surface area contributed by atoms with E-state index in [-0.39, 0.29) is 26.0 Å². The summed E-state index contributed by atoms with van der Waals surface area (Å²) in [7, 11) is 0. The average Bonchev–Trinajstić information content (AvgIpc) is 3.37. The maximum Gasteiger partial charge on any atom is 0.211 e. The molecule has 0 aliphatic rings. The fraction of sp³-hybridized carbons (Fsp3) is 0.214. The normalized spacial score (nSPS) is 11.3. The maximum atomic E-state index is 11.4. The number of ether oxygens (including phenoxy) is 3. The van der Waals surface area contributed by atoms with Crippen LogP contribution in [0.2, 0.25) is 0 Å². The number of nitrogens with zero attached hydrogens (tertiary/aromatic N) is 1. The first-order valence-corrected chi connectivity index (χ1v) is 23.2. The summed E-state index contributed by atoms with van der Waals surface area (Å²) in [4.78, 5) is 24.4. The van der Waals surface area contributed by atoms with Crippen LogP contribution in [0, 0.1) is 0 Å². The molecule has 7 aromatic carbocycles. The van der Waals surface area contributed by atoms with Crippen molar-refractivity contribution in [2.24, 2.45) is 0 Å². The third-order valence-corrected chi connectivity index (χ3v) is 11.2. The van der Waals surface area contributed by atoms with Crippen molar-refractivity contribution in [1.29, 1.82) is 0 Å². The number of alkyl halides is 1. The van der Waals surface area contributed by atoms with E-state index in [0.29, 0.717) is 85.1 Å². The zero-order valence-electron chi connectivity index (χ0n) is 37.9. The first-order valence-electron chi connectivity index (χ1n) is 22.1. The molecule has 2 amide bonds. The van der Waals surface area contributed by atoms with Gasteiger partial charge in [-0.15, -0.1) is 0 Å². The summed E-state index contributed by atoms with van der Waals surface area (Å²) in [5, 5.41) is 30.4. The maximum absolute atomic E-state index is 11.4. The van der Waals surface area contributed by atoms with Gasteiger partial charge in [0.15, 0.2) is 0 Å². The van der Waals surface area contributed by atoms with E-state index in [9.17, 15) is 19.8 Å². The average molecular weight is 1030 g/mol. The van der Waals surface area contributed by atoms with Crippen LogP contribution in [0.5, 0.6) is 17.2 Å². The molecule has 0 saturated carbocycles. The minimum atomic E-state index is -0.764. The van der Waals surface area contributed by atoms with Crippen molar-refractivity contribution in [2.75, 3.05) is 41.0 Å². The van der Waals surface area contributed by atoms with Gasteiger partial charge < -0.3 is 40.4 Å². The van der Waals surface area contributed by atoms with Crippen LogP contribution in [0.3, 0.4) is 0 Å². The minimum Gasteiger partial charge on any atom is -0.494 e. The topological polar surface area (TPSA) is 142 Å². The number of halogens is 1. The molecular formula is C56H61BrN4O7V. The molecule has 69 heavy (non-hydrogen) atoms. The fourth-order valence-corrected chi connectivity index (χ4v) is 7.48. The molecule has 0 aliphatic heterocycles. The molecule has 1 radical (unpaired) electrons. The summed E-state index contributed by atoms with van der Waals surface area (Å²) in [5.41, 5.74) is 8.96. The number of rotatable bonds is 24. The molecular weight excluding hydrogens is 971 g/mol. The minimum absolute atomic E-state index is 0. The summed E-state index contributed by atoms with van der Waals surface area (Å²) in [6.45, 7) is 5.30. The van der Waals surface area contributed by atoms with Gasteiger partial charge in [0, 0.05) is 54.9 Å². The number of aliphatic hydroxyl groups excluding tert-OH is 2. The van der Waals surface area contributed by atoms with Crippen LogP contribution < -0.4 is 30.2 Å². The van der Waals surface area contributed by atoms with Crippen LogP contribution in [0.4, 0.5) is 22.7 Å². The molecule has 0 spiro atoms. The molecule has 0 saturated heterocycles. The van der Waals surface area contributed by atoms with Crippen molar-refractivity contribution in [3.8, 4) is 17.2 Å². The van der Waals surface area contributed by atoms with E-state index < -0.39 is 12.2 Å². The second-order valence-electron chi connectivity index (χ2n) is 15.5. The molecule has 0 bridgehead atoms. The third kappa shape index (κ3) is 18.2. The Hall–Kier alpha value is -6.38. The molecule has 0 aliphatic carbocycles. The van der Waals surface area contributed by atoms with Crippen molar-refractivity contribution in [2.45, 2.75) is 52.7 Å². The summed E-state index contributed by atoms with van der Waals surface area (Å²) in [6, 6.07) is 57.0. The molecule has 0 heterocycles. The van der Waals surface area contributed by atoms with Gasteiger partial charge in [0.25, 0.3) is 0 Å². The van der Waals surface area contributed by atoms with Crippen molar-refractivity contribution in [3.63, 3.8) is 0 Å². The molecule has 11 nitrogen and oxygen atoms in total. The number of carbonyl (C=O) groups excluding carboxylic acids is 2. The Labute approximate surface area is 426 Å². The molecule has 0 fully saturated rings. The number of hydrogen-bond donors (Lipinski definition) is 5. The van der Waals surface area contributed by atoms with E-state index >= 15 is 0 Å². The Balaban J connectivity index is 0.000000379. The Morgan fingerprint density at radius 1 is 0.580 bits per heavy atom. The Morgan fingerprint density at radius 3 is 1.51 bits per heavy atom. The van der Waals surface area contributed by atoms with E-state index in [1.54, 1.807) is 30.3 Å². The smallest absolute Gasteiger partial charge is 0.211 e. The number of carbonyl (C=O) groups is 2. The molecule has 7 aromatic rings. The van der Waals surface area contributed by atoms with E-state index in [1.165, 1.54) is 11.1 Å². The van der Waals surface area contributed by atoms with Crippen molar-refractivity contribution >= 4 is 51.5 Å². The number of benzene rings is 7. The molecule has 5 N–H and O–H groups in total. The van der Waals surface area contributed by atoms with Crippen molar-refractivity contribution in [3.05, 3.63) is 209 Å². The van der Waals surface area contributed by atoms with Gasteiger partial charge >= 0.3 is 0 Å². The largest absolute Gasteiger partial charge is 0.494 e. The van der Waals surface area contributed by atoms with Gasteiger partial charge in [-0.2, -0.15) is 0 Å². The third-order valence-electron chi connectivity index (χ3n) is 10.6. The predicted molar refractivity (Wildman–Crippen MR) is 277 cm³/mol. The van der Waals surface area contributed by atoms with Crippen LogP contribution in [0.15, 0.2) is 176 Å². The Morgan fingerprint density at radius 2 is 1.04 bits per heavy atom. The fourth-order valence-electron chi connectivity index (χ4n) is 7.11. The monoisotopic (exact) mass is 1030 g/mol. The van der Waals surface area contributed by atoms with Gasteiger partial charge in [0.05, 0.1) is 30.2 Å². The Bertz CT molecular complexity index is 2540. The summed E-state index contributed by atoms with van der Waals surface area (Å²) < 4.78 is 17.3. The van der Waals surface area contributed by atoms with E-state index in [1.807, 2.05) is 116 Å². The zero-order chi connectivity index (χ0) is 47.1. The number of anilines is 4. The zero-order valence-corrected chi connectivity index (χ0v) is 40.9. The second-order valence-corrected chi connectivity index (χ2v) is 16.2. The first kappa shape index (κ1) is 55.2. The van der Waals surface area contributed by atoms with Crippen molar-refractivity contribution < 1.29 is 52.6 Å². The van der Waals surface area contributed by atoms with Gasteiger partial charge in [-0.05, 0) is 107 Å². The number of amides is 2. The van der Waals surface area contributed by atoms with Gasteiger partial charge in [-0.1, -0.05) is 139 Å². The quantitative estimate of drug-likeness (QED) is 0.0295. The molecule has 13 heteroatoms. The van der Waals surface area contributed by atoms with Gasteiger partial charge in [0.1, 0.15) is 30.5 Å².